The van der Waals surface area contributed by atoms with Gasteiger partial charge in [-0.25, -0.2) is 9.18 Å². The van der Waals surface area contributed by atoms with E-state index in [9.17, 15) is 9.18 Å². The molecule has 0 amide bonds. The summed E-state index contributed by atoms with van der Waals surface area (Å²) in [7, 11) is 1.39. The first-order valence-electron chi connectivity index (χ1n) is 9.69. The lowest BCUT2D eigenvalue weighted by Crippen LogP contribution is -2.15. The second-order valence-electron chi connectivity index (χ2n) is 7.16. The first-order chi connectivity index (χ1) is 14.2. The number of esters is 1. The Morgan fingerprint density at radius 3 is 2.76 bits per heavy atom. The second-order valence-corrected chi connectivity index (χ2v) is 7.16. The van der Waals surface area contributed by atoms with Gasteiger partial charge in [-0.3, -0.25) is 4.98 Å². The molecule has 5 heteroatoms. The first kappa shape index (κ1) is 19.1. The molecule has 1 aromatic heterocycles. The predicted molar refractivity (Wildman–Crippen MR) is 109 cm³/mol. The van der Waals surface area contributed by atoms with Crippen LogP contribution in [0.15, 0.2) is 60.9 Å². The molecule has 2 aromatic carbocycles. The largest absolute Gasteiger partial charge is 0.493 e. The van der Waals surface area contributed by atoms with E-state index in [-0.39, 0.29) is 11.8 Å². The molecule has 4 rings (SSSR count). The van der Waals surface area contributed by atoms with E-state index in [0.717, 1.165) is 41.7 Å². The smallest absolute Gasteiger partial charge is 0.338 e. The Morgan fingerprint density at radius 1 is 1.17 bits per heavy atom. The molecule has 1 atom stereocenters. The van der Waals surface area contributed by atoms with Gasteiger partial charge < -0.3 is 9.47 Å². The summed E-state index contributed by atoms with van der Waals surface area (Å²) < 4.78 is 24.0. The van der Waals surface area contributed by atoms with E-state index in [1.165, 1.54) is 24.8 Å². The number of benzene rings is 2. The van der Waals surface area contributed by atoms with Crippen molar-refractivity contribution in [1.82, 2.24) is 4.98 Å². The lowest BCUT2D eigenvalue weighted by atomic mass is 9.86. The highest BCUT2D eigenvalue weighted by Gasteiger charge is 2.23. The van der Waals surface area contributed by atoms with Gasteiger partial charge in [0.15, 0.2) is 0 Å². The summed E-state index contributed by atoms with van der Waals surface area (Å²) in [5.41, 5.74) is 4.60. The zero-order chi connectivity index (χ0) is 20.2. The van der Waals surface area contributed by atoms with E-state index in [2.05, 4.69) is 17.1 Å². The minimum absolute atomic E-state index is 0.246. The molecule has 1 aliphatic heterocycles. The Balaban J connectivity index is 1.53. The topological polar surface area (TPSA) is 48.4 Å². The van der Waals surface area contributed by atoms with Crippen LogP contribution in [0, 0.1) is 5.82 Å². The molecule has 1 aliphatic rings. The number of halogens is 1. The third-order valence-electron chi connectivity index (χ3n) is 5.43. The maximum absolute atomic E-state index is 13.2. The number of fused-ring (bicyclic) bond motifs is 1. The quantitative estimate of drug-likeness (QED) is 0.563. The molecule has 0 spiro atoms. The molecule has 0 bridgehead atoms. The average Bonchev–Trinajstić information content (AvgIpc) is 2.77. The molecule has 3 aromatic rings. The van der Waals surface area contributed by atoms with Gasteiger partial charge in [-0.15, -0.1) is 0 Å². The molecule has 148 valence electrons. The van der Waals surface area contributed by atoms with Gasteiger partial charge in [0.25, 0.3) is 0 Å². The predicted octanol–water partition coefficient (Wildman–Crippen LogP) is 5.17. The van der Waals surface area contributed by atoms with Crippen molar-refractivity contribution in [2.75, 3.05) is 13.7 Å². The molecule has 29 heavy (non-hydrogen) atoms. The third kappa shape index (κ3) is 4.14. The van der Waals surface area contributed by atoms with Crippen LogP contribution in [0.25, 0.3) is 11.1 Å². The molecule has 0 saturated heterocycles. The van der Waals surface area contributed by atoms with Crippen molar-refractivity contribution in [2.24, 2.45) is 0 Å². The van der Waals surface area contributed by atoms with Crippen LogP contribution in [-0.4, -0.2) is 24.7 Å². The highest BCUT2D eigenvalue weighted by molar-refractivity contribution is 5.90. The lowest BCUT2D eigenvalue weighted by molar-refractivity contribution is 0.0599. The van der Waals surface area contributed by atoms with Gasteiger partial charge in [0, 0.05) is 12.4 Å². The fourth-order valence-electron chi connectivity index (χ4n) is 3.85. The number of hydrogen-bond donors (Lipinski definition) is 0. The zero-order valence-electron chi connectivity index (χ0n) is 16.2. The van der Waals surface area contributed by atoms with Crippen LogP contribution in [0.1, 0.15) is 40.2 Å². The Morgan fingerprint density at radius 2 is 1.97 bits per heavy atom. The Labute approximate surface area is 169 Å². The fourth-order valence-corrected chi connectivity index (χ4v) is 3.85. The monoisotopic (exact) mass is 391 g/mol. The molecular formula is C24H22FNO3. The summed E-state index contributed by atoms with van der Waals surface area (Å²) in [6.45, 7) is 0.654. The van der Waals surface area contributed by atoms with Crippen molar-refractivity contribution in [3.05, 3.63) is 83.4 Å². The molecule has 2 heterocycles. The molecule has 1 unspecified atom stereocenters. The van der Waals surface area contributed by atoms with Crippen molar-refractivity contribution in [3.63, 3.8) is 0 Å². The maximum atomic E-state index is 13.2. The molecule has 0 N–H and O–H groups in total. The number of carbonyl (C=O) groups is 1. The van der Waals surface area contributed by atoms with E-state index in [1.54, 1.807) is 30.6 Å². The standard InChI is InChI=1S/C24H22FNO3/c1-28-24(27)22-10-12-26-15-19(22)3-2-17-11-13-29-23-14-18(6-9-21(17)23)16-4-7-20(25)8-5-16/h4-10,12,14-15,17H,2-3,11,13H2,1H3. The number of rotatable bonds is 5. The second kappa shape index (κ2) is 8.43. The van der Waals surface area contributed by atoms with Gasteiger partial charge in [0.2, 0.25) is 0 Å². The maximum Gasteiger partial charge on any atom is 0.338 e. The van der Waals surface area contributed by atoms with E-state index in [0.29, 0.717) is 18.1 Å². The van der Waals surface area contributed by atoms with Crippen LogP contribution in [0.3, 0.4) is 0 Å². The van der Waals surface area contributed by atoms with Gasteiger partial charge >= 0.3 is 5.97 Å². The number of methoxy groups -OCH3 is 1. The van der Waals surface area contributed by atoms with E-state index in [4.69, 9.17) is 9.47 Å². The molecule has 0 aliphatic carbocycles. The molecule has 0 saturated carbocycles. The number of hydrogen-bond acceptors (Lipinski definition) is 4. The highest BCUT2D eigenvalue weighted by atomic mass is 19.1. The molecule has 0 radical (unpaired) electrons. The third-order valence-corrected chi connectivity index (χ3v) is 5.43. The van der Waals surface area contributed by atoms with Gasteiger partial charge in [-0.2, -0.15) is 0 Å². The minimum atomic E-state index is -0.335. The van der Waals surface area contributed by atoms with Crippen molar-refractivity contribution in [1.29, 1.82) is 0 Å². The SMILES string of the molecule is COC(=O)c1ccncc1CCC1CCOc2cc(-c3ccc(F)cc3)ccc21. The van der Waals surface area contributed by atoms with Gasteiger partial charge in [-0.05, 0) is 71.7 Å². The van der Waals surface area contributed by atoms with E-state index < -0.39 is 0 Å². The van der Waals surface area contributed by atoms with Crippen molar-refractivity contribution < 1.29 is 18.7 Å². The summed E-state index contributed by atoms with van der Waals surface area (Å²) >= 11 is 0. The van der Waals surface area contributed by atoms with Crippen LogP contribution in [0.4, 0.5) is 4.39 Å². The van der Waals surface area contributed by atoms with E-state index >= 15 is 0 Å². The summed E-state index contributed by atoms with van der Waals surface area (Å²) in [6.07, 6.45) is 5.90. The highest BCUT2D eigenvalue weighted by Crippen LogP contribution is 2.39. The van der Waals surface area contributed by atoms with Crippen molar-refractivity contribution in [2.45, 2.75) is 25.2 Å². The first-order valence-corrected chi connectivity index (χ1v) is 9.69. The fraction of sp³-hybridized carbons (Fsp3) is 0.250. The van der Waals surface area contributed by atoms with Crippen molar-refractivity contribution >= 4 is 5.97 Å². The Bertz CT molecular complexity index is 1020. The Hall–Kier alpha value is -3.21. The zero-order valence-corrected chi connectivity index (χ0v) is 16.2. The lowest BCUT2D eigenvalue weighted by Gasteiger charge is -2.26. The molecule has 4 nitrogen and oxygen atoms in total. The van der Waals surface area contributed by atoms with Crippen LogP contribution >= 0.6 is 0 Å². The van der Waals surface area contributed by atoms with Crippen molar-refractivity contribution in [3.8, 4) is 16.9 Å². The normalized spacial score (nSPS) is 15.3. The Kier molecular flexibility index (Phi) is 5.56. The summed E-state index contributed by atoms with van der Waals surface area (Å²) in [5.74, 6) is 0.637. The summed E-state index contributed by atoms with van der Waals surface area (Å²) in [6, 6.07) is 14.4. The number of aryl methyl sites for hydroxylation is 1. The van der Waals surface area contributed by atoms with Crippen LogP contribution in [0.2, 0.25) is 0 Å². The number of nitrogens with zero attached hydrogens (tertiary/aromatic N) is 1. The average molecular weight is 391 g/mol. The van der Waals surface area contributed by atoms with Gasteiger partial charge in [0.05, 0.1) is 19.3 Å². The summed E-state index contributed by atoms with van der Waals surface area (Å²) in [4.78, 5) is 16.1. The number of ether oxygens (including phenoxy) is 2. The van der Waals surface area contributed by atoms with Crippen LogP contribution in [-0.2, 0) is 11.2 Å². The van der Waals surface area contributed by atoms with Gasteiger partial charge in [-0.1, -0.05) is 24.3 Å². The summed E-state index contributed by atoms with van der Waals surface area (Å²) in [5, 5.41) is 0. The minimum Gasteiger partial charge on any atom is -0.493 e. The van der Waals surface area contributed by atoms with E-state index in [1.807, 2.05) is 6.07 Å². The van der Waals surface area contributed by atoms with Crippen LogP contribution in [0.5, 0.6) is 5.75 Å². The number of carbonyl (C=O) groups excluding carboxylic acids is 1. The number of aromatic nitrogens is 1. The molecule has 0 fully saturated rings. The molecular weight excluding hydrogens is 369 g/mol. The van der Waals surface area contributed by atoms with Crippen LogP contribution < -0.4 is 4.74 Å². The van der Waals surface area contributed by atoms with Gasteiger partial charge in [0.1, 0.15) is 11.6 Å². The number of pyridine rings is 1.